The molecule has 3 aliphatic rings. The van der Waals surface area contributed by atoms with E-state index in [2.05, 4.69) is 6.07 Å². The second kappa shape index (κ2) is 5.57. The molecule has 0 amide bonds. The zero-order valence-electron chi connectivity index (χ0n) is 13.6. The van der Waals surface area contributed by atoms with E-state index in [9.17, 15) is 8.42 Å². The largest absolute Gasteiger partial charge is 0.327 e. The Bertz CT molecular complexity index is 706. The third-order valence-electron chi connectivity index (χ3n) is 6.43. The minimum absolute atomic E-state index is 0.224. The van der Waals surface area contributed by atoms with Crippen LogP contribution in [0.3, 0.4) is 0 Å². The van der Waals surface area contributed by atoms with E-state index in [-0.39, 0.29) is 11.5 Å². The van der Waals surface area contributed by atoms with Crippen LogP contribution >= 0.6 is 0 Å². The Morgan fingerprint density at radius 2 is 1.83 bits per heavy atom. The fourth-order valence-electron chi connectivity index (χ4n) is 4.64. The second-order valence-corrected chi connectivity index (χ2v) is 9.42. The van der Waals surface area contributed by atoms with Crippen LogP contribution in [0.25, 0.3) is 0 Å². The Morgan fingerprint density at radius 1 is 1.09 bits per heavy atom. The summed E-state index contributed by atoms with van der Waals surface area (Å²) < 4.78 is 28.0. The van der Waals surface area contributed by atoms with Crippen molar-refractivity contribution in [1.82, 2.24) is 4.31 Å². The Hall–Kier alpha value is -0.910. The molecule has 4 rings (SSSR count). The van der Waals surface area contributed by atoms with Crippen molar-refractivity contribution in [3.05, 3.63) is 29.3 Å². The summed E-state index contributed by atoms with van der Waals surface area (Å²) in [7, 11) is -3.36. The van der Waals surface area contributed by atoms with Crippen molar-refractivity contribution in [2.24, 2.45) is 11.1 Å². The number of nitrogens with two attached hydrogens (primary N) is 1. The number of fused-ring (bicyclic) bond motifs is 1. The van der Waals surface area contributed by atoms with Gasteiger partial charge in [0.25, 0.3) is 0 Å². The Kier molecular flexibility index (Phi) is 3.78. The lowest BCUT2D eigenvalue weighted by Gasteiger charge is -2.52. The molecule has 4 nitrogen and oxygen atoms in total. The van der Waals surface area contributed by atoms with Gasteiger partial charge in [-0.3, -0.25) is 0 Å². The van der Waals surface area contributed by atoms with E-state index >= 15 is 0 Å². The Balaban J connectivity index is 1.59. The first-order valence-corrected chi connectivity index (χ1v) is 10.3. The highest BCUT2D eigenvalue weighted by atomic mass is 32.2. The van der Waals surface area contributed by atoms with Crippen LogP contribution in [-0.2, 0) is 22.9 Å². The molecule has 2 aliphatic carbocycles. The maximum atomic E-state index is 13.2. The molecule has 1 spiro atoms. The highest BCUT2D eigenvalue weighted by molar-refractivity contribution is 7.89. The highest BCUT2D eigenvalue weighted by Gasteiger charge is 2.47. The molecule has 2 N–H and O–H groups in total. The average molecular weight is 334 g/mol. The van der Waals surface area contributed by atoms with Crippen molar-refractivity contribution in [3.8, 4) is 0 Å². The van der Waals surface area contributed by atoms with Gasteiger partial charge in [0.15, 0.2) is 0 Å². The van der Waals surface area contributed by atoms with Gasteiger partial charge in [0.05, 0.1) is 4.90 Å². The van der Waals surface area contributed by atoms with Crippen molar-refractivity contribution in [1.29, 1.82) is 0 Å². The van der Waals surface area contributed by atoms with E-state index in [1.807, 2.05) is 6.07 Å². The molecule has 5 heteroatoms. The van der Waals surface area contributed by atoms with E-state index in [4.69, 9.17) is 5.73 Å². The smallest absolute Gasteiger partial charge is 0.243 e. The van der Waals surface area contributed by atoms with Crippen molar-refractivity contribution in [2.45, 2.75) is 62.3 Å². The van der Waals surface area contributed by atoms with Gasteiger partial charge in [0, 0.05) is 19.1 Å². The lowest BCUT2D eigenvalue weighted by Crippen LogP contribution is -2.56. The molecule has 1 heterocycles. The predicted octanol–water partition coefficient (Wildman–Crippen LogP) is 2.46. The molecule has 0 radical (unpaired) electrons. The summed E-state index contributed by atoms with van der Waals surface area (Å²) in [5.74, 6) is 0. The summed E-state index contributed by atoms with van der Waals surface area (Å²) in [4.78, 5) is 0.559. The number of hydrogen-bond acceptors (Lipinski definition) is 3. The van der Waals surface area contributed by atoms with Gasteiger partial charge in [-0.05, 0) is 74.0 Å². The maximum Gasteiger partial charge on any atom is 0.243 e. The summed E-state index contributed by atoms with van der Waals surface area (Å²) in [6.45, 7) is 1.25. The fraction of sp³-hybridized carbons (Fsp3) is 0.667. The van der Waals surface area contributed by atoms with Crippen molar-refractivity contribution < 1.29 is 8.42 Å². The number of nitrogens with zero attached hydrogens (tertiary/aromatic N) is 1. The first-order valence-electron chi connectivity index (χ1n) is 8.89. The van der Waals surface area contributed by atoms with Gasteiger partial charge in [-0.1, -0.05) is 12.1 Å². The molecule has 0 aromatic heterocycles. The van der Waals surface area contributed by atoms with Gasteiger partial charge in [0.2, 0.25) is 10.0 Å². The molecule has 1 aromatic rings. The van der Waals surface area contributed by atoms with Crippen LogP contribution < -0.4 is 5.73 Å². The van der Waals surface area contributed by atoms with Crippen LogP contribution in [0.1, 0.15) is 49.7 Å². The average Bonchev–Trinajstić information content (AvgIpc) is 2.60. The molecule has 1 aliphatic heterocycles. The standard InChI is InChI=1S/C18H26N2O2S/c19-17-8-9-18(17)10-12-20(13-11-18)23(21,22)16-7-3-5-14-4-1-2-6-15(14)16/h3,5,7,17H,1-2,4,6,8-13,19H2. The summed E-state index contributed by atoms with van der Waals surface area (Å²) >= 11 is 0. The van der Waals surface area contributed by atoms with Gasteiger partial charge in [0.1, 0.15) is 0 Å². The monoisotopic (exact) mass is 334 g/mol. The predicted molar refractivity (Wildman–Crippen MR) is 90.7 cm³/mol. The third-order valence-corrected chi connectivity index (χ3v) is 8.41. The molecule has 1 atom stereocenters. The first kappa shape index (κ1) is 15.6. The van der Waals surface area contributed by atoms with Crippen molar-refractivity contribution in [3.63, 3.8) is 0 Å². The Morgan fingerprint density at radius 3 is 2.48 bits per heavy atom. The highest BCUT2D eigenvalue weighted by Crippen LogP contribution is 2.48. The quantitative estimate of drug-likeness (QED) is 0.903. The van der Waals surface area contributed by atoms with Gasteiger partial charge < -0.3 is 5.73 Å². The minimum Gasteiger partial charge on any atom is -0.327 e. The van der Waals surface area contributed by atoms with E-state index in [1.165, 1.54) is 18.4 Å². The number of rotatable bonds is 2. The molecule has 1 aromatic carbocycles. The molecular weight excluding hydrogens is 308 g/mol. The van der Waals surface area contributed by atoms with Crippen LogP contribution in [0.4, 0.5) is 0 Å². The van der Waals surface area contributed by atoms with Crippen LogP contribution in [0.2, 0.25) is 0 Å². The minimum atomic E-state index is -3.36. The number of piperidine rings is 1. The summed E-state index contributed by atoms with van der Waals surface area (Å²) in [6.07, 6.45) is 8.27. The number of aryl methyl sites for hydroxylation is 1. The number of benzene rings is 1. The molecule has 1 saturated heterocycles. The molecular formula is C18H26N2O2S. The zero-order chi connectivity index (χ0) is 16.1. The molecule has 1 saturated carbocycles. The first-order chi connectivity index (χ1) is 11.0. The van der Waals surface area contributed by atoms with Crippen LogP contribution in [0.15, 0.2) is 23.1 Å². The van der Waals surface area contributed by atoms with Crippen LogP contribution in [0.5, 0.6) is 0 Å². The van der Waals surface area contributed by atoms with E-state index < -0.39 is 10.0 Å². The lowest BCUT2D eigenvalue weighted by atomic mass is 9.60. The lowest BCUT2D eigenvalue weighted by molar-refractivity contribution is 0.0325. The summed E-state index contributed by atoms with van der Waals surface area (Å²) in [5, 5.41) is 0. The van der Waals surface area contributed by atoms with Crippen LogP contribution in [-0.4, -0.2) is 31.9 Å². The topological polar surface area (TPSA) is 63.4 Å². The summed E-state index contributed by atoms with van der Waals surface area (Å²) in [5.41, 5.74) is 8.70. The van der Waals surface area contributed by atoms with Gasteiger partial charge in [-0.15, -0.1) is 0 Å². The van der Waals surface area contributed by atoms with Crippen LogP contribution in [0, 0.1) is 5.41 Å². The second-order valence-electron chi connectivity index (χ2n) is 7.51. The number of hydrogen-bond donors (Lipinski definition) is 1. The van der Waals surface area contributed by atoms with Gasteiger partial charge >= 0.3 is 0 Å². The normalized spacial score (nSPS) is 27.4. The SMILES string of the molecule is NC1CCC12CCN(S(=O)(=O)c1cccc3c1CCCC3)CC2. The molecule has 23 heavy (non-hydrogen) atoms. The van der Waals surface area contributed by atoms with Crippen molar-refractivity contribution >= 4 is 10.0 Å². The maximum absolute atomic E-state index is 13.2. The molecule has 1 unspecified atom stereocenters. The third kappa shape index (κ3) is 2.44. The summed E-state index contributed by atoms with van der Waals surface area (Å²) in [6, 6.07) is 6.08. The molecule has 0 bridgehead atoms. The zero-order valence-corrected chi connectivity index (χ0v) is 14.4. The van der Waals surface area contributed by atoms with Gasteiger partial charge in [-0.25, -0.2) is 8.42 Å². The molecule has 126 valence electrons. The van der Waals surface area contributed by atoms with E-state index in [1.54, 1.807) is 10.4 Å². The molecule has 2 fully saturated rings. The fourth-order valence-corrected chi connectivity index (χ4v) is 6.38. The number of sulfonamides is 1. The van der Waals surface area contributed by atoms with E-state index in [0.29, 0.717) is 18.0 Å². The van der Waals surface area contributed by atoms with E-state index in [0.717, 1.165) is 44.1 Å². The van der Waals surface area contributed by atoms with Crippen molar-refractivity contribution in [2.75, 3.05) is 13.1 Å². The van der Waals surface area contributed by atoms with Gasteiger partial charge in [-0.2, -0.15) is 4.31 Å². The Labute approximate surface area is 139 Å².